The molecule has 0 aromatic heterocycles. The molecule has 4 rings (SSSR count). The molecular formula is C32H27N2O5P. The van der Waals surface area contributed by atoms with Crippen LogP contribution in [0.4, 0.5) is 0 Å². The number of ketones is 2. The van der Waals surface area contributed by atoms with E-state index in [2.05, 4.69) is 0 Å². The second-order valence-electron chi connectivity index (χ2n) is 8.89. The Balaban J connectivity index is 1.61. The van der Waals surface area contributed by atoms with Crippen molar-refractivity contribution in [3.05, 3.63) is 132 Å². The fraction of sp³-hybridized carbons (Fsp3) is 0.0312. The van der Waals surface area contributed by atoms with Crippen LogP contribution in [0.2, 0.25) is 0 Å². The number of hydrogen-bond donors (Lipinski definition) is 3. The third-order valence-electron chi connectivity index (χ3n) is 6.15. The minimum atomic E-state index is -2.74. The van der Waals surface area contributed by atoms with Crippen LogP contribution < -0.4 is 26.8 Å². The van der Waals surface area contributed by atoms with E-state index in [1.54, 1.807) is 24.3 Å². The molecule has 40 heavy (non-hydrogen) atoms. The summed E-state index contributed by atoms with van der Waals surface area (Å²) in [5.74, 6) is -3.29. The third kappa shape index (κ3) is 6.34. The molecule has 0 aliphatic rings. The molecule has 0 atom stereocenters. The molecule has 0 unspecified atom stereocenters. The Hall–Kier alpha value is -5.00. The predicted octanol–water partition coefficient (Wildman–Crippen LogP) is 2.98. The zero-order valence-corrected chi connectivity index (χ0v) is 22.5. The fourth-order valence-electron chi connectivity index (χ4n) is 4.13. The number of aliphatic hydroxyl groups excluding tert-OH is 1. The van der Waals surface area contributed by atoms with E-state index in [0.29, 0.717) is 5.56 Å². The highest BCUT2D eigenvalue weighted by molar-refractivity contribution is 7.95. The van der Waals surface area contributed by atoms with Gasteiger partial charge < -0.3 is 5.11 Å². The van der Waals surface area contributed by atoms with Crippen LogP contribution in [0, 0.1) is 6.92 Å². The van der Waals surface area contributed by atoms with E-state index < -0.39 is 36.0 Å². The lowest BCUT2D eigenvalue weighted by atomic mass is 10.1. The van der Waals surface area contributed by atoms with Crippen molar-refractivity contribution in [3.63, 3.8) is 0 Å². The molecule has 2 amide bonds. The van der Waals surface area contributed by atoms with Gasteiger partial charge in [0.25, 0.3) is 0 Å². The zero-order valence-electron chi connectivity index (χ0n) is 21.7. The lowest BCUT2D eigenvalue weighted by Crippen LogP contribution is -2.47. The van der Waals surface area contributed by atoms with Crippen LogP contribution in [-0.2, 0) is 19.2 Å². The van der Waals surface area contributed by atoms with Crippen LogP contribution in [0.25, 0.3) is 5.76 Å². The lowest BCUT2D eigenvalue weighted by molar-refractivity contribution is -0.139. The number of aryl methyl sites for hydroxylation is 1. The SMILES string of the molecule is Cc1ccc(/C(O)=C/C(=O)C(=O)NNC(=O)C(=O)C=P(c2ccccc2)(c2ccccc2)c2ccccc2)cc1. The van der Waals surface area contributed by atoms with Crippen LogP contribution in [0.1, 0.15) is 11.1 Å². The van der Waals surface area contributed by atoms with E-state index in [0.717, 1.165) is 27.6 Å². The van der Waals surface area contributed by atoms with Gasteiger partial charge in [-0.1, -0.05) is 121 Å². The number of hydrazine groups is 1. The van der Waals surface area contributed by atoms with Crippen molar-refractivity contribution in [1.82, 2.24) is 10.9 Å². The van der Waals surface area contributed by atoms with Crippen LogP contribution in [0.3, 0.4) is 0 Å². The molecule has 3 N–H and O–H groups in total. The van der Waals surface area contributed by atoms with Gasteiger partial charge in [0, 0.05) is 17.4 Å². The number of Topliss-reactive ketones (excluding diaryl/α,β-unsaturated/α-hetero) is 1. The van der Waals surface area contributed by atoms with Gasteiger partial charge >= 0.3 is 11.8 Å². The first-order chi connectivity index (χ1) is 19.3. The Morgan fingerprint density at radius 1 is 0.600 bits per heavy atom. The molecule has 0 spiro atoms. The summed E-state index contributed by atoms with van der Waals surface area (Å²) in [5, 5.41) is 12.8. The number of hydrogen-bond acceptors (Lipinski definition) is 5. The molecule has 4 aromatic carbocycles. The number of benzene rings is 4. The smallest absolute Gasteiger partial charge is 0.310 e. The predicted molar refractivity (Wildman–Crippen MR) is 159 cm³/mol. The molecule has 4 aromatic rings. The molecule has 8 heteroatoms. The molecule has 0 aliphatic carbocycles. The average Bonchev–Trinajstić information content (AvgIpc) is 3.00. The number of amides is 2. The standard InChI is InChI=1S/C32H27N2O5P/c1-23-17-19-24(20-18-23)28(35)21-29(36)31(38)33-34-32(39)30(37)22-40(25-11-5-2-6-12-25,26-13-7-3-8-14-26)27-15-9-4-10-16-27/h2-22,35H,1H3,(H,33,38)(H,34,39)/b28-21-. The molecule has 0 aliphatic heterocycles. The van der Waals surface area contributed by atoms with Crippen molar-refractivity contribution < 1.29 is 24.3 Å². The highest BCUT2D eigenvalue weighted by Gasteiger charge is 2.28. The summed E-state index contributed by atoms with van der Waals surface area (Å²) in [6.45, 7) is -0.873. The number of rotatable bonds is 8. The van der Waals surface area contributed by atoms with E-state index in [-0.39, 0.29) is 0 Å². The van der Waals surface area contributed by atoms with Gasteiger partial charge in [0.05, 0.1) is 0 Å². The molecule has 0 bridgehead atoms. The minimum Gasteiger partial charge on any atom is -0.507 e. The largest absolute Gasteiger partial charge is 0.507 e. The number of aliphatic hydroxyl groups is 1. The molecule has 200 valence electrons. The molecule has 0 heterocycles. The van der Waals surface area contributed by atoms with Gasteiger partial charge in [0.2, 0.25) is 11.6 Å². The van der Waals surface area contributed by atoms with Gasteiger partial charge in [-0.25, -0.2) is 0 Å². The summed E-state index contributed by atoms with van der Waals surface area (Å²) in [7, 11) is 0. The molecule has 0 radical (unpaired) electrons. The van der Waals surface area contributed by atoms with E-state index in [1.165, 1.54) is 5.80 Å². The first-order valence-electron chi connectivity index (χ1n) is 12.4. The molecule has 0 fully saturated rings. The summed E-state index contributed by atoms with van der Waals surface area (Å²) in [5.41, 5.74) is 5.30. The van der Waals surface area contributed by atoms with E-state index in [9.17, 15) is 24.3 Å². The van der Waals surface area contributed by atoms with Gasteiger partial charge in [-0.2, -0.15) is 0 Å². The van der Waals surface area contributed by atoms with Crippen molar-refractivity contribution in [1.29, 1.82) is 0 Å². The van der Waals surface area contributed by atoms with Crippen LogP contribution in [0.15, 0.2) is 121 Å². The summed E-state index contributed by atoms with van der Waals surface area (Å²) in [4.78, 5) is 50.7. The zero-order chi connectivity index (χ0) is 28.5. The normalized spacial score (nSPS) is 11.3. The Morgan fingerprint density at radius 3 is 1.43 bits per heavy atom. The lowest BCUT2D eigenvalue weighted by Gasteiger charge is -2.28. The van der Waals surface area contributed by atoms with Gasteiger partial charge in [0.15, 0.2) is 0 Å². The second kappa shape index (κ2) is 12.7. The van der Waals surface area contributed by atoms with Crippen molar-refractivity contribution in [2.24, 2.45) is 0 Å². The first kappa shape index (κ1) is 28.0. The summed E-state index contributed by atoms with van der Waals surface area (Å²) in [6, 6.07) is 35.1. The quantitative estimate of drug-likeness (QED) is 0.103. The minimum absolute atomic E-state index is 0.351. The summed E-state index contributed by atoms with van der Waals surface area (Å²) >= 11 is 0. The van der Waals surface area contributed by atoms with Gasteiger partial charge in [-0.3, -0.25) is 30.0 Å². The first-order valence-corrected chi connectivity index (χ1v) is 14.2. The molecule has 0 saturated heterocycles. The Morgan fingerprint density at radius 2 is 1.00 bits per heavy atom. The monoisotopic (exact) mass is 550 g/mol. The van der Waals surface area contributed by atoms with E-state index >= 15 is 0 Å². The molecule has 0 saturated carbocycles. The Labute approximate surface area is 232 Å². The van der Waals surface area contributed by atoms with Crippen molar-refractivity contribution >= 4 is 57.7 Å². The highest BCUT2D eigenvalue weighted by Crippen LogP contribution is 2.43. The second-order valence-corrected chi connectivity index (χ2v) is 12.1. The summed E-state index contributed by atoms with van der Waals surface area (Å²) < 4.78 is 0. The highest BCUT2D eigenvalue weighted by atomic mass is 31.2. The Bertz CT molecular complexity index is 1510. The number of nitrogens with one attached hydrogen (secondary N) is 2. The summed E-state index contributed by atoms with van der Waals surface area (Å²) in [6.07, 6.45) is 0.747. The van der Waals surface area contributed by atoms with Crippen LogP contribution >= 0.6 is 6.89 Å². The maximum absolute atomic E-state index is 13.3. The topological polar surface area (TPSA) is 113 Å². The average molecular weight is 551 g/mol. The number of carbonyl (C=O) groups excluding carboxylic acids is 4. The number of carbonyl (C=O) groups is 4. The third-order valence-corrected chi connectivity index (χ3v) is 10.1. The van der Waals surface area contributed by atoms with Gasteiger partial charge in [0.1, 0.15) is 5.76 Å². The maximum atomic E-state index is 13.3. The van der Waals surface area contributed by atoms with Crippen molar-refractivity contribution in [3.8, 4) is 0 Å². The van der Waals surface area contributed by atoms with Gasteiger partial charge in [-0.15, -0.1) is 0 Å². The molecular weight excluding hydrogens is 523 g/mol. The Kier molecular flexibility index (Phi) is 8.89. The fourth-order valence-corrected chi connectivity index (χ4v) is 7.87. The maximum Gasteiger partial charge on any atom is 0.310 e. The van der Waals surface area contributed by atoms with Crippen LogP contribution in [-0.4, -0.2) is 34.3 Å². The van der Waals surface area contributed by atoms with E-state index in [4.69, 9.17) is 0 Å². The molecule has 7 nitrogen and oxygen atoms in total. The van der Waals surface area contributed by atoms with Gasteiger partial charge in [-0.05, 0) is 29.7 Å². The van der Waals surface area contributed by atoms with Crippen molar-refractivity contribution in [2.45, 2.75) is 6.92 Å². The van der Waals surface area contributed by atoms with Crippen LogP contribution in [0.5, 0.6) is 0 Å². The van der Waals surface area contributed by atoms with Crippen molar-refractivity contribution in [2.75, 3.05) is 0 Å². The van der Waals surface area contributed by atoms with E-state index in [1.807, 2.05) is 109 Å².